The summed E-state index contributed by atoms with van der Waals surface area (Å²) in [7, 11) is -2.04. The summed E-state index contributed by atoms with van der Waals surface area (Å²) in [6, 6.07) is 30.4. The normalized spacial score (nSPS) is 11.4. The number of hydrogen-bond acceptors (Lipinski definition) is 1. The van der Waals surface area contributed by atoms with E-state index in [1.807, 2.05) is 12.4 Å². The molecular weight excluding hydrogens is 323 g/mol. The molecule has 0 fully saturated rings. The lowest BCUT2D eigenvalue weighted by Crippen LogP contribution is -2.40. The third-order valence-electron chi connectivity index (χ3n) is 4.51. The van der Waals surface area contributed by atoms with E-state index in [9.17, 15) is 0 Å². The predicted octanol–water partition coefficient (Wildman–Crippen LogP) is 3.34. The number of hydrogen-bond donors (Lipinski definition) is 1. The zero-order valence-corrected chi connectivity index (χ0v) is 15.0. The zero-order valence-electron chi connectivity index (χ0n) is 14.1. The third-order valence-corrected chi connectivity index (χ3v) is 8.61. The lowest BCUT2D eigenvalue weighted by atomic mass is 10.2. The number of aromatic nitrogens is 2. The molecule has 1 N–H and O–H groups in total. The molecule has 4 aromatic rings. The number of H-pyrrole nitrogens is 1. The van der Waals surface area contributed by atoms with Gasteiger partial charge in [-0.1, -0.05) is 54.1 Å². The minimum atomic E-state index is -2.04. The van der Waals surface area contributed by atoms with Crippen LogP contribution in [-0.4, -0.2) is 9.97 Å². The molecule has 0 radical (unpaired) electrons. The smallest absolute Gasteiger partial charge is 0.270 e. The molecule has 4 rings (SSSR count). The molecule has 3 heteroatoms. The quantitative estimate of drug-likeness (QED) is 0.566. The summed E-state index contributed by atoms with van der Waals surface area (Å²) in [5.41, 5.74) is 2.30. The molecular formula is C22H20N2P+. The van der Waals surface area contributed by atoms with Crippen LogP contribution in [0, 0.1) is 6.92 Å². The molecule has 2 nitrogen and oxygen atoms in total. The number of aryl methyl sites for hydroxylation is 1. The molecule has 122 valence electrons. The van der Waals surface area contributed by atoms with Crippen LogP contribution in [0.3, 0.4) is 0 Å². The molecule has 0 bridgehead atoms. The maximum atomic E-state index is 4.73. The van der Waals surface area contributed by atoms with Crippen molar-refractivity contribution >= 4 is 28.7 Å². The van der Waals surface area contributed by atoms with Crippen LogP contribution in [0.15, 0.2) is 97.3 Å². The van der Waals surface area contributed by atoms with E-state index in [0.29, 0.717) is 0 Å². The summed E-state index contributed by atoms with van der Waals surface area (Å²) in [5, 5.41) is 3.92. The SMILES string of the molecule is Cc1ccc([P+](c2ccccc2)(c2ccccc2)c2ncc[nH]2)cc1. The highest BCUT2D eigenvalue weighted by atomic mass is 31.2. The monoisotopic (exact) mass is 343 g/mol. The van der Waals surface area contributed by atoms with Crippen molar-refractivity contribution in [1.29, 1.82) is 0 Å². The molecule has 1 heterocycles. The molecule has 0 aliphatic rings. The molecule has 0 unspecified atom stereocenters. The minimum absolute atomic E-state index is 1.04. The highest BCUT2D eigenvalue weighted by Crippen LogP contribution is 2.53. The van der Waals surface area contributed by atoms with Gasteiger partial charge in [-0.3, -0.25) is 0 Å². The lowest BCUT2D eigenvalue weighted by Gasteiger charge is -2.24. The fourth-order valence-electron chi connectivity index (χ4n) is 3.33. The van der Waals surface area contributed by atoms with E-state index in [-0.39, 0.29) is 0 Å². The molecule has 25 heavy (non-hydrogen) atoms. The van der Waals surface area contributed by atoms with Crippen LogP contribution in [0.5, 0.6) is 0 Å². The number of imidazole rings is 1. The van der Waals surface area contributed by atoms with Crippen molar-refractivity contribution in [2.24, 2.45) is 0 Å². The maximum Gasteiger partial charge on any atom is 0.270 e. The number of nitrogens with one attached hydrogen (secondary N) is 1. The first kappa shape index (κ1) is 15.8. The molecule has 1 aromatic heterocycles. The summed E-state index contributed by atoms with van der Waals surface area (Å²) in [4.78, 5) is 8.16. The van der Waals surface area contributed by atoms with E-state index in [4.69, 9.17) is 4.98 Å². The van der Waals surface area contributed by atoms with Crippen molar-refractivity contribution in [2.75, 3.05) is 0 Å². The number of aromatic amines is 1. The van der Waals surface area contributed by atoms with Crippen LogP contribution in [0.25, 0.3) is 0 Å². The fraction of sp³-hybridized carbons (Fsp3) is 0.0455. The first-order valence-electron chi connectivity index (χ1n) is 8.39. The molecule has 0 amide bonds. The van der Waals surface area contributed by atoms with E-state index in [0.717, 1.165) is 5.57 Å². The number of benzene rings is 3. The molecule has 0 aliphatic heterocycles. The fourth-order valence-corrected chi connectivity index (χ4v) is 7.30. The Kier molecular flexibility index (Phi) is 4.21. The van der Waals surface area contributed by atoms with E-state index < -0.39 is 7.26 Å². The van der Waals surface area contributed by atoms with Crippen LogP contribution in [-0.2, 0) is 0 Å². The topological polar surface area (TPSA) is 28.7 Å². The van der Waals surface area contributed by atoms with Crippen LogP contribution in [0.2, 0.25) is 0 Å². The van der Waals surface area contributed by atoms with Gasteiger partial charge in [0.25, 0.3) is 5.57 Å². The Balaban J connectivity index is 2.11. The van der Waals surface area contributed by atoms with Gasteiger partial charge in [-0.05, 0) is 43.3 Å². The van der Waals surface area contributed by atoms with Crippen LogP contribution in [0.4, 0.5) is 0 Å². The van der Waals surface area contributed by atoms with Crippen molar-refractivity contribution in [3.8, 4) is 0 Å². The van der Waals surface area contributed by atoms with Crippen LogP contribution >= 0.6 is 7.26 Å². The molecule has 0 atom stereocenters. The first-order chi connectivity index (χ1) is 12.3. The van der Waals surface area contributed by atoms with E-state index in [1.165, 1.54) is 21.5 Å². The van der Waals surface area contributed by atoms with Gasteiger partial charge >= 0.3 is 0 Å². The first-order valence-corrected chi connectivity index (χ1v) is 10.2. The lowest BCUT2D eigenvalue weighted by molar-refractivity contribution is 1.40. The Morgan fingerprint density at radius 3 is 1.68 bits per heavy atom. The number of nitrogens with zero attached hydrogens (tertiary/aromatic N) is 1. The van der Waals surface area contributed by atoms with E-state index in [1.54, 1.807) is 0 Å². The second-order valence-electron chi connectivity index (χ2n) is 6.09. The van der Waals surface area contributed by atoms with Crippen LogP contribution in [0.1, 0.15) is 5.56 Å². The van der Waals surface area contributed by atoms with Crippen molar-refractivity contribution < 1.29 is 0 Å². The van der Waals surface area contributed by atoms with Crippen molar-refractivity contribution in [2.45, 2.75) is 6.92 Å². The minimum Gasteiger partial charge on any atom is -0.315 e. The van der Waals surface area contributed by atoms with Gasteiger partial charge in [0.15, 0.2) is 7.26 Å². The van der Waals surface area contributed by atoms with Gasteiger partial charge < -0.3 is 4.98 Å². The summed E-state index contributed by atoms with van der Waals surface area (Å²) in [6.07, 6.45) is 3.77. The zero-order chi connectivity index (χ0) is 17.1. The standard InChI is InChI=1S/C22H20N2P/c1-18-12-14-21(15-13-18)25(22-23-16-17-24-22,19-8-4-2-5-9-19)20-10-6-3-7-11-20/h2-17H,1H3,(H,23,24)/q+1. The average molecular weight is 343 g/mol. The van der Waals surface area contributed by atoms with Gasteiger partial charge in [-0.15, -0.1) is 0 Å². The summed E-state index contributed by atoms with van der Waals surface area (Å²) in [6.45, 7) is 2.13. The Hall–Kier alpha value is -2.70. The van der Waals surface area contributed by atoms with Gasteiger partial charge in [0.05, 0.1) is 0 Å². The second-order valence-corrected chi connectivity index (χ2v) is 9.40. The summed E-state index contributed by atoms with van der Waals surface area (Å²) < 4.78 is 0. The third kappa shape index (κ3) is 2.69. The predicted molar refractivity (Wildman–Crippen MR) is 108 cm³/mol. The molecule has 0 saturated heterocycles. The Labute approximate surface area is 148 Å². The van der Waals surface area contributed by atoms with Gasteiger partial charge in [-0.25, -0.2) is 4.98 Å². The van der Waals surface area contributed by atoms with Gasteiger partial charge in [0.1, 0.15) is 15.9 Å². The maximum absolute atomic E-state index is 4.73. The van der Waals surface area contributed by atoms with Crippen molar-refractivity contribution in [3.63, 3.8) is 0 Å². The van der Waals surface area contributed by atoms with Crippen LogP contribution < -0.4 is 21.5 Å². The highest BCUT2D eigenvalue weighted by molar-refractivity contribution is 8.01. The summed E-state index contributed by atoms with van der Waals surface area (Å²) >= 11 is 0. The average Bonchev–Trinajstić information content (AvgIpc) is 3.21. The summed E-state index contributed by atoms with van der Waals surface area (Å²) in [5.74, 6) is 0. The Bertz CT molecular complexity index is 891. The largest absolute Gasteiger partial charge is 0.315 e. The van der Waals surface area contributed by atoms with Gasteiger partial charge in [0.2, 0.25) is 0 Å². The second kappa shape index (κ2) is 6.66. The van der Waals surface area contributed by atoms with E-state index >= 15 is 0 Å². The molecule has 3 aromatic carbocycles. The van der Waals surface area contributed by atoms with E-state index in [2.05, 4.69) is 96.8 Å². The van der Waals surface area contributed by atoms with Gasteiger partial charge in [-0.2, -0.15) is 0 Å². The van der Waals surface area contributed by atoms with Crippen molar-refractivity contribution in [3.05, 3.63) is 103 Å². The molecule has 0 aliphatic carbocycles. The highest BCUT2D eigenvalue weighted by Gasteiger charge is 2.50. The number of rotatable bonds is 4. The van der Waals surface area contributed by atoms with Gasteiger partial charge in [0, 0.05) is 12.4 Å². The Morgan fingerprint density at radius 1 is 0.680 bits per heavy atom. The Morgan fingerprint density at radius 2 is 1.20 bits per heavy atom. The molecule has 0 saturated carbocycles. The van der Waals surface area contributed by atoms with Crippen molar-refractivity contribution in [1.82, 2.24) is 9.97 Å². The molecule has 0 spiro atoms.